The molecule has 19 heavy (non-hydrogen) atoms. The highest BCUT2D eigenvalue weighted by atomic mass is 16.6. The molecule has 1 rings (SSSR count). The van der Waals surface area contributed by atoms with Gasteiger partial charge in [-0.2, -0.15) is 0 Å². The van der Waals surface area contributed by atoms with E-state index in [1.54, 1.807) is 6.07 Å². The largest absolute Gasteiger partial charge is 0.380 e. The van der Waals surface area contributed by atoms with Crippen LogP contribution >= 0.6 is 0 Å². The van der Waals surface area contributed by atoms with Crippen molar-refractivity contribution in [2.24, 2.45) is 0 Å². The highest BCUT2D eigenvalue weighted by Crippen LogP contribution is 2.24. The number of hydrogen-bond acceptors (Lipinski definition) is 5. The summed E-state index contributed by atoms with van der Waals surface area (Å²) in [5.74, 6) is 0. The topological polar surface area (TPSA) is 81.5 Å². The van der Waals surface area contributed by atoms with Gasteiger partial charge in [0.1, 0.15) is 12.0 Å². The van der Waals surface area contributed by atoms with Gasteiger partial charge in [-0.25, -0.2) is 0 Å². The van der Waals surface area contributed by atoms with Gasteiger partial charge in [0.05, 0.1) is 11.5 Å². The third-order valence-electron chi connectivity index (χ3n) is 2.56. The van der Waals surface area contributed by atoms with Gasteiger partial charge >= 0.3 is 0 Å². The van der Waals surface area contributed by atoms with E-state index in [0.29, 0.717) is 31.7 Å². The molecule has 0 aromatic heterocycles. The Kier molecular flexibility index (Phi) is 6.52. The molecule has 0 radical (unpaired) electrons. The van der Waals surface area contributed by atoms with Crippen molar-refractivity contribution in [2.45, 2.75) is 19.8 Å². The average molecular weight is 266 g/mol. The molecule has 0 amide bonds. The molecule has 0 aliphatic rings. The van der Waals surface area contributed by atoms with Crippen molar-refractivity contribution >= 4 is 17.7 Å². The number of nitro benzene ring substituents is 1. The Morgan fingerprint density at radius 3 is 2.84 bits per heavy atom. The summed E-state index contributed by atoms with van der Waals surface area (Å²) in [7, 11) is 0. The van der Waals surface area contributed by atoms with Crippen molar-refractivity contribution in [3.05, 3.63) is 33.9 Å². The van der Waals surface area contributed by atoms with Crippen LogP contribution in [0.15, 0.2) is 18.2 Å². The van der Waals surface area contributed by atoms with Gasteiger partial charge in [-0.15, -0.1) is 0 Å². The molecule has 6 heteroatoms. The van der Waals surface area contributed by atoms with Crippen molar-refractivity contribution in [3.8, 4) is 0 Å². The quantitative estimate of drug-likeness (QED) is 0.321. The fourth-order valence-electron chi connectivity index (χ4n) is 1.53. The van der Waals surface area contributed by atoms with Crippen molar-refractivity contribution < 1.29 is 14.5 Å². The van der Waals surface area contributed by atoms with E-state index in [2.05, 4.69) is 12.2 Å². The molecule has 0 saturated carbocycles. The van der Waals surface area contributed by atoms with Crippen LogP contribution < -0.4 is 5.32 Å². The van der Waals surface area contributed by atoms with E-state index < -0.39 is 4.92 Å². The molecular formula is C13H18N2O4. The smallest absolute Gasteiger partial charge is 0.293 e. The third-order valence-corrected chi connectivity index (χ3v) is 2.56. The molecule has 0 atom stereocenters. The van der Waals surface area contributed by atoms with Crippen molar-refractivity contribution in [2.75, 3.05) is 25.1 Å². The summed E-state index contributed by atoms with van der Waals surface area (Å²) in [6.07, 6.45) is 2.67. The first-order valence-corrected chi connectivity index (χ1v) is 6.24. The van der Waals surface area contributed by atoms with E-state index in [0.717, 1.165) is 12.8 Å². The highest BCUT2D eigenvalue weighted by Gasteiger charge is 2.13. The first-order chi connectivity index (χ1) is 9.19. The molecule has 1 aromatic rings. The number of rotatable bonds is 9. The monoisotopic (exact) mass is 266 g/mol. The number of benzene rings is 1. The van der Waals surface area contributed by atoms with E-state index >= 15 is 0 Å². The lowest BCUT2D eigenvalue weighted by molar-refractivity contribution is -0.384. The van der Waals surface area contributed by atoms with Crippen molar-refractivity contribution in [3.63, 3.8) is 0 Å². The summed E-state index contributed by atoms with van der Waals surface area (Å²) in [4.78, 5) is 21.0. The number of aldehydes is 1. The zero-order valence-corrected chi connectivity index (χ0v) is 10.9. The number of anilines is 1. The molecule has 0 spiro atoms. The number of unbranched alkanes of at least 4 members (excludes halogenated alkanes) is 1. The molecule has 0 fully saturated rings. The van der Waals surface area contributed by atoms with Gasteiger partial charge in [-0.1, -0.05) is 13.3 Å². The van der Waals surface area contributed by atoms with Crippen LogP contribution in [-0.2, 0) is 4.74 Å². The Hall–Kier alpha value is -1.95. The Labute approximate surface area is 111 Å². The van der Waals surface area contributed by atoms with Crippen LogP contribution in [0.5, 0.6) is 0 Å². The van der Waals surface area contributed by atoms with Crippen molar-refractivity contribution in [1.29, 1.82) is 0 Å². The van der Waals surface area contributed by atoms with E-state index in [1.807, 2.05) is 0 Å². The fourth-order valence-corrected chi connectivity index (χ4v) is 1.53. The van der Waals surface area contributed by atoms with Gasteiger partial charge in [0.2, 0.25) is 0 Å². The Morgan fingerprint density at radius 2 is 2.21 bits per heavy atom. The number of carbonyl (C=O) groups excluding carboxylic acids is 1. The first-order valence-electron chi connectivity index (χ1n) is 6.24. The van der Waals surface area contributed by atoms with Crippen LogP contribution in [0.4, 0.5) is 11.4 Å². The minimum Gasteiger partial charge on any atom is -0.380 e. The fraction of sp³-hybridized carbons (Fsp3) is 0.462. The zero-order chi connectivity index (χ0) is 14.1. The second kappa shape index (κ2) is 8.20. The van der Waals surface area contributed by atoms with Crippen molar-refractivity contribution in [1.82, 2.24) is 0 Å². The van der Waals surface area contributed by atoms with Gasteiger partial charge in [0.25, 0.3) is 5.69 Å². The van der Waals surface area contributed by atoms with Gasteiger partial charge in [-0.05, 0) is 18.6 Å². The lowest BCUT2D eigenvalue weighted by atomic mass is 10.2. The first kappa shape index (κ1) is 15.1. The molecule has 0 aliphatic heterocycles. The number of ether oxygens (including phenoxy) is 1. The molecule has 1 N–H and O–H groups in total. The maximum atomic E-state index is 10.9. The standard InChI is InChI=1S/C13H18N2O4/c1-2-3-7-19-8-6-14-12-5-4-11(10-16)9-13(12)15(17)18/h4-5,9-10,14H,2-3,6-8H2,1H3. The van der Waals surface area contributed by atoms with Gasteiger partial charge in [-0.3, -0.25) is 14.9 Å². The number of nitrogens with zero attached hydrogens (tertiary/aromatic N) is 1. The van der Waals surface area contributed by atoms with E-state index in [4.69, 9.17) is 4.74 Å². The summed E-state index contributed by atoms with van der Waals surface area (Å²) in [6.45, 7) is 3.77. The second-order valence-electron chi connectivity index (χ2n) is 4.04. The van der Waals surface area contributed by atoms with Gasteiger partial charge in [0.15, 0.2) is 0 Å². The summed E-state index contributed by atoms with van der Waals surface area (Å²) in [6, 6.07) is 4.33. The number of nitro groups is 1. The predicted molar refractivity (Wildman–Crippen MR) is 72.7 cm³/mol. The Morgan fingerprint density at radius 1 is 1.42 bits per heavy atom. The zero-order valence-electron chi connectivity index (χ0n) is 10.9. The third kappa shape index (κ3) is 5.05. The maximum absolute atomic E-state index is 10.9. The maximum Gasteiger partial charge on any atom is 0.293 e. The van der Waals surface area contributed by atoms with Crippen LogP contribution in [0.2, 0.25) is 0 Å². The molecule has 0 heterocycles. The van der Waals surface area contributed by atoms with Crippen LogP contribution in [-0.4, -0.2) is 31.0 Å². The predicted octanol–water partition coefficient (Wildman–Crippen LogP) is 2.64. The number of hydrogen-bond donors (Lipinski definition) is 1. The number of carbonyl (C=O) groups is 1. The van der Waals surface area contributed by atoms with Crippen LogP contribution in [0.25, 0.3) is 0 Å². The SMILES string of the molecule is CCCCOCCNc1ccc(C=O)cc1[N+](=O)[O-]. The molecule has 1 aromatic carbocycles. The minimum atomic E-state index is -0.507. The Bertz CT molecular complexity index is 435. The summed E-state index contributed by atoms with van der Waals surface area (Å²) >= 11 is 0. The molecule has 0 aliphatic carbocycles. The van der Waals surface area contributed by atoms with Crippen LogP contribution in [0, 0.1) is 10.1 Å². The van der Waals surface area contributed by atoms with Gasteiger partial charge in [0, 0.05) is 24.8 Å². The second-order valence-corrected chi connectivity index (χ2v) is 4.04. The lowest BCUT2D eigenvalue weighted by Gasteiger charge is -2.08. The van der Waals surface area contributed by atoms with E-state index in [1.165, 1.54) is 12.1 Å². The van der Waals surface area contributed by atoms with E-state index in [9.17, 15) is 14.9 Å². The molecule has 0 bridgehead atoms. The number of nitrogens with one attached hydrogen (secondary N) is 1. The Balaban J connectivity index is 2.53. The normalized spacial score (nSPS) is 10.2. The summed E-state index contributed by atoms with van der Waals surface area (Å²) in [5, 5.41) is 13.8. The minimum absolute atomic E-state index is 0.0989. The van der Waals surface area contributed by atoms with Crippen LogP contribution in [0.1, 0.15) is 30.1 Å². The molecule has 0 saturated heterocycles. The molecule has 104 valence electrons. The summed E-state index contributed by atoms with van der Waals surface area (Å²) < 4.78 is 5.35. The molecule has 0 unspecified atom stereocenters. The molecular weight excluding hydrogens is 248 g/mol. The highest BCUT2D eigenvalue weighted by molar-refractivity contribution is 5.79. The summed E-state index contributed by atoms with van der Waals surface area (Å²) in [5.41, 5.74) is 0.587. The van der Waals surface area contributed by atoms with Gasteiger partial charge < -0.3 is 10.1 Å². The average Bonchev–Trinajstić information content (AvgIpc) is 2.42. The lowest BCUT2D eigenvalue weighted by Crippen LogP contribution is -2.11. The van der Waals surface area contributed by atoms with Crippen LogP contribution in [0.3, 0.4) is 0 Å². The molecule has 6 nitrogen and oxygen atoms in total. The van der Waals surface area contributed by atoms with E-state index in [-0.39, 0.29) is 11.3 Å².